The largest absolute Gasteiger partial charge is 0.483 e. The molecule has 5 heteroatoms. The summed E-state index contributed by atoms with van der Waals surface area (Å²) in [4.78, 5) is 11.6. The van der Waals surface area contributed by atoms with Crippen LogP contribution < -0.4 is 15.8 Å². The van der Waals surface area contributed by atoms with Gasteiger partial charge in [-0.25, -0.2) is 0 Å². The van der Waals surface area contributed by atoms with E-state index in [9.17, 15) is 4.79 Å². The molecule has 112 valence electrons. The third-order valence-electron chi connectivity index (χ3n) is 2.84. The Morgan fingerprint density at radius 3 is 2.85 bits per heavy atom. The Kier molecular flexibility index (Phi) is 7.41. The fraction of sp³-hybridized carbons (Fsp3) is 0.533. The van der Waals surface area contributed by atoms with E-state index >= 15 is 0 Å². The molecule has 0 heterocycles. The SMILES string of the molecule is CC(C)CCNC(=O)COc1ccc(Cl)cc1CCN. The topological polar surface area (TPSA) is 64.3 Å². The molecular weight excluding hydrogens is 276 g/mol. The zero-order valence-electron chi connectivity index (χ0n) is 12.1. The molecular formula is C15H23ClN2O2. The summed E-state index contributed by atoms with van der Waals surface area (Å²) in [7, 11) is 0. The van der Waals surface area contributed by atoms with Crippen LogP contribution in [0.3, 0.4) is 0 Å². The molecule has 20 heavy (non-hydrogen) atoms. The monoisotopic (exact) mass is 298 g/mol. The third kappa shape index (κ3) is 6.26. The van der Waals surface area contributed by atoms with Crippen LogP contribution in [0.1, 0.15) is 25.8 Å². The number of rotatable bonds is 8. The second kappa shape index (κ2) is 8.82. The van der Waals surface area contributed by atoms with Crippen molar-refractivity contribution in [3.8, 4) is 5.75 Å². The maximum atomic E-state index is 11.6. The van der Waals surface area contributed by atoms with Crippen LogP contribution in [0.4, 0.5) is 0 Å². The molecule has 0 saturated heterocycles. The maximum absolute atomic E-state index is 11.6. The summed E-state index contributed by atoms with van der Waals surface area (Å²) in [5, 5.41) is 3.47. The van der Waals surface area contributed by atoms with E-state index in [1.54, 1.807) is 12.1 Å². The highest BCUT2D eigenvalue weighted by molar-refractivity contribution is 6.30. The Labute approximate surface area is 125 Å². The average Bonchev–Trinajstić information content (AvgIpc) is 2.37. The summed E-state index contributed by atoms with van der Waals surface area (Å²) in [6.07, 6.45) is 1.63. The van der Waals surface area contributed by atoms with Gasteiger partial charge >= 0.3 is 0 Å². The normalized spacial score (nSPS) is 10.7. The van der Waals surface area contributed by atoms with Gasteiger partial charge in [-0.15, -0.1) is 0 Å². The minimum absolute atomic E-state index is 0.0112. The lowest BCUT2D eigenvalue weighted by Crippen LogP contribution is -2.30. The number of carbonyl (C=O) groups excluding carboxylic acids is 1. The minimum Gasteiger partial charge on any atom is -0.483 e. The van der Waals surface area contributed by atoms with Crippen molar-refractivity contribution in [2.24, 2.45) is 11.7 Å². The molecule has 0 aliphatic rings. The van der Waals surface area contributed by atoms with E-state index in [-0.39, 0.29) is 12.5 Å². The Bertz CT molecular complexity index is 436. The summed E-state index contributed by atoms with van der Waals surface area (Å²) in [6, 6.07) is 5.34. The van der Waals surface area contributed by atoms with Crippen LogP contribution in [0.15, 0.2) is 18.2 Å². The maximum Gasteiger partial charge on any atom is 0.257 e. The molecule has 0 unspecified atom stereocenters. The highest BCUT2D eigenvalue weighted by Crippen LogP contribution is 2.23. The lowest BCUT2D eigenvalue weighted by atomic mass is 10.1. The van der Waals surface area contributed by atoms with Gasteiger partial charge in [0.1, 0.15) is 5.75 Å². The second-order valence-corrected chi connectivity index (χ2v) is 5.55. The second-order valence-electron chi connectivity index (χ2n) is 5.11. The Hall–Kier alpha value is -1.26. The fourth-order valence-electron chi connectivity index (χ4n) is 1.73. The van der Waals surface area contributed by atoms with Gasteiger partial charge in [0.25, 0.3) is 5.91 Å². The molecule has 0 saturated carbocycles. The Morgan fingerprint density at radius 2 is 2.20 bits per heavy atom. The standard InChI is InChI=1S/C15H23ClN2O2/c1-11(2)6-8-18-15(19)10-20-14-4-3-13(16)9-12(14)5-7-17/h3-4,9,11H,5-8,10,17H2,1-2H3,(H,18,19). The molecule has 0 atom stereocenters. The molecule has 0 aromatic heterocycles. The molecule has 3 N–H and O–H groups in total. The van der Waals surface area contributed by atoms with Gasteiger partial charge in [-0.3, -0.25) is 4.79 Å². The predicted octanol–water partition coefficient (Wildman–Crippen LogP) is 2.38. The number of hydrogen-bond donors (Lipinski definition) is 2. The van der Waals surface area contributed by atoms with Crippen LogP contribution in [0, 0.1) is 5.92 Å². The average molecular weight is 299 g/mol. The van der Waals surface area contributed by atoms with E-state index in [0.29, 0.717) is 36.2 Å². The first-order valence-electron chi connectivity index (χ1n) is 6.91. The highest BCUT2D eigenvalue weighted by Gasteiger charge is 2.07. The molecule has 1 aromatic carbocycles. The Balaban J connectivity index is 2.46. The Morgan fingerprint density at radius 1 is 1.45 bits per heavy atom. The number of carbonyl (C=O) groups is 1. The van der Waals surface area contributed by atoms with Gasteiger partial charge in [0.2, 0.25) is 0 Å². The van der Waals surface area contributed by atoms with E-state index in [1.165, 1.54) is 0 Å². The van der Waals surface area contributed by atoms with E-state index in [2.05, 4.69) is 19.2 Å². The van der Waals surface area contributed by atoms with Crippen LogP contribution in [0.5, 0.6) is 5.75 Å². The minimum atomic E-state index is -0.112. The quantitative estimate of drug-likeness (QED) is 0.774. The van der Waals surface area contributed by atoms with Crippen LogP contribution in [-0.2, 0) is 11.2 Å². The molecule has 0 radical (unpaired) electrons. The molecule has 1 rings (SSSR count). The fourth-order valence-corrected chi connectivity index (χ4v) is 1.93. The van der Waals surface area contributed by atoms with Crippen molar-refractivity contribution >= 4 is 17.5 Å². The van der Waals surface area contributed by atoms with Crippen LogP contribution in [-0.4, -0.2) is 25.6 Å². The molecule has 0 aliphatic heterocycles. The lowest BCUT2D eigenvalue weighted by molar-refractivity contribution is -0.123. The molecule has 0 fully saturated rings. The summed E-state index contributed by atoms with van der Waals surface area (Å²) in [5.41, 5.74) is 6.48. The van der Waals surface area contributed by atoms with Crippen molar-refractivity contribution < 1.29 is 9.53 Å². The number of hydrogen-bond acceptors (Lipinski definition) is 3. The van der Waals surface area contributed by atoms with Crippen molar-refractivity contribution in [2.45, 2.75) is 26.7 Å². The van der Waals surface area contributed by atoms with Crippen molar-refractivity contribution in [3.05, 3.63) is 28.8 Å². The lowest BCUT2D eigenvalue weighted by Gasteiger charge is -2.12. The van der Waals surface area contributed by atoms with E-state index in [4.69, 9.17) is 22.1 Å². The first-order valence-corrected chi connectivity index (χ1v) is 7.28. The van der Waals surface area contributed by atoms with Gasteiger partial charge in [-0.1, -0.05) is 25.4 Å². The van der Waals surface area contributed by atoms with Crippen LogP contribution >= 0.6 is 11.6 Å². The molecule has 4 nitrogen and oxygen atoms in total. The number of nitrogens with one attached hydrogen (secondary N) is 1. The summed E-state index contributed by atoms with van der Waals surface area (Å²) in [6.45, 7) is 5.44. The van der Waals surface area contributed by atoms with Crippen molar-refractivity contribution in [3.63, 3.8) is 0 Å². The number of halogens is 1. The van der Waals surface area contributed by atoms with Gasteiger partial charge < -0.3 is 15.8 Å². The third-order valence-corrected chi connectivity index (χ3v) is 3.07. The molecule has 1 amide bonds. The number of benzene rings is 1. The van der Waals surface area contributed by atoms with E-state index in [0.717, 1.165) is 12.0 Å². The summed E-state index contributed by atoms with van der Waals surface area (Å²) < 4.78 is 5.54. The summed E-state index contributed by atoms with van der Waals surface area (Å²) in [5.74, 6) is 1.13. The molecule has 1 aromatic rings. The number of amides is 1. The number of nitrogens with two attached hydrogens (primary N) is 1. The summed E-state index contributed by atoms with van der Waals surface area (Å²) >= 11 is 5.94. The van der Waals surface area contributed by atoms with Gasteiger partial charge in [-0.05, 0) is 49.1 Å². The number of ether oxygens (including phenoxy) is 1. The van der Waals surface area contributed by atoms with Gasteiger partial charge in [0.15, 0.2) is 6.61 Å². The molecule has 0 bridgehead atoms. The van der Waals surface area contributed by atoms with Crippen molar-refractivity contribution in [2.75, 3.05) is 19.7 Å². The van der Waals surface area contributed by atoms with Gasteiger partial charge in [0.05, 0.1) is 0 Å². The van der Waals surface area contributed by atoms with Gasteiger partial charge in [0, 0.05) is 11.6 Å². The zero-order valence-corrected chi connectivity index (χ0v) is 12.9. The highest BCUT2D eigenvalue weighted by atomic mass is 35.5. The van der Waals surface area contributed by atoms with Crippen molar-refractivity contribution in [1.82, 2.24) is 5.32 Å². The zero-order chi connectivity index (χ0) is 15.0. The molecule has 0 spiro atoms. The first kappa shape index (κ1) is 16.8. The van der Waals surface area contributed by atoms with Crippen LogP contribution in [0.25, 0.3) is 0 Å². The first-order chi connectivity index (χ1) is 9.52. The van der Waals surface area contributed by atoms with E-state index in [1.807, 2.05) is 6.07 Å². The van der Waals surface area contributed by atoms with Crippen LogP contribution in [0.2, 0.25) is 5.02 Å². The molecule has 0 aliphatic carbocycles. The predicted molar refractivity (Wildman–Crippen MR) is 82.2 cm³/mol. The van der Waals surface area contributed by atoms with Gasteiger partial charge in [-0.2, -0.15) is 0 Å². The van der Waals surface area contributed by atoms with Crippen molar-refractivity contribution in [1.29, 1.82) is 0 Å². The smallest absolute Gasteiger partial charge is 0.257 e. The van der Waals surface area contributed by atoms with E-state index < -0.39 is 0 Å².